The standard InChI is InChI=1S/C20H17N7O2S/c1-13(26-20-18-19(23-11-22-18)24-12-25-20)16-9-14-7-8-21-10-17(14)30(28,29)27(16)15-5-3-2-4-6-15/h2-13H,1H3,(H2,22,23,24,25,26). The first-order valence-electron chi connectivity index (χ1n) is 9.22. The van der Waals surface area contributed by atoms with Crippen molar-refractivity contribution in [1.82, 2.24) is 24.9 Å². The smallest absolute Gasteiger partial charge is 0.270 e. The van der Waals surface area contributed by atoms with Crippen LogP contribution in [0.25, 0.3) is 17.2 Å². The van der Waals surface area contributed by atoms with Crippen molar-refractivity contribution in [3.8, 4) is 0 Å². The number of fused-ring (bicyclic) bond motifs is 2. The van der Waals surface area contributed by atoms with Crippen LogP contribution in [0, 0.1) is 0 Å². The fourth-order valence-electron chi connectivity index (χ4n) is 3.49. The lowest BCUT2D eigenvalue weighted by Crippen LogP contribution is -2.39. The Kier molecular flexibility index (Phi) is 4.21. The van der Waals surface area contributed by atoms with Gasteiger partial charge in [-0.05, 0) is 36.8 Å². The van der Waals surface area contributed by atoms with Crippen molar-refractivity contribution in [1.29, 1.82) is 0 Å². The molecule has 1 aliphatic heterocycles. The number of nitrogens with one attached hydrogen (secondary N) is 2. The normalized spacial score (nSPS) is 16.0. The second kappa shape index (κ2) is 6.92. The number of benzene rings is 1. The molecule has 1 aliphatic rings. The van der Waals surface area contributed by atoms with Crippen LogP contribution in [0.3, 0.4) is 0 Å². The number of para-hydroxylation sites is 1. The van der Waals surface area contributed by atoms with Gasteiger partial charge < -0.3 is 10.3 Å². The van der Waals surface area contributed by atoms with Gasteiger partial charge in [0.2, 0.25) is 0 Å². The first-order valence-corrected chi connectivity index (χ1v) is 10.7. The molecule has 0 spiro atoms. The number of anilines is 2. The third kappa shape index (κ3) is 2.89. The highest BCUT2D eigenvalue weighted by atomic mass is 32.2. The van der Waals surface area contributed by atoms with E-state index in [0.717, 1.165) is 0 Å². The first kappa shape index (κ1) is 18.3. The molecule has 10 heteroatoms. The number of rotatable bonds is 4. The molecule has 0 saturated carbocycles. The van der Waals surface area contributed by atoms with Crippen LogP contribution < -0.4 is 9.62 Å². The number of pyridine rings is 1. The van der Waals surface area contributed by atoms with E-state index in [9.17, 15) is 8.42 Å². The van der Waals surface area contributed by atoms with Crippen molar-refractivity contribution < 1.29 is 8.42 Å². The lowest BCUT2D eigenvalue weighted by molar-refractivity contribution is 0.591. The summed E-state index contributed by atoms with van der Waals surface area (Å²) in [5.41, 5.74) is 2.88. The van der Waals surface area contributed by atoms with E-state index in [1.165, 1.54) is 16.8 Å². The molecule has 4 aromatic rings. The molecule has 0 aliphatic carbocycles. The van der Waals surface area contributed by atoms with E-state index in [1.807, 2.05) is 19.1 Å². The van der Waals surface area contributed by atoms with Crippen molar-refractivity contribution in [2.75, 3.05) is 9.62 Å². The first-order chi connectivity index (χ1) is 14.6. The Bertz CT molecular complexity index is 1370. The minimum absolute atomic E-state index is 0.169. The van der Waals surface area contributed by atoms with Gasteiger partial charge in [-0.15, -0.1) is 0 Å². The van der Waals surface area contributed by atoms with Crippen molar-refractivity contribution in [2.24, 2.45) is 0 Å². The van der Waals surface area contributed by atoms with Gasteiger partial charge in [-0.1, -0.05) is 18.2 Å². The predicted molar refractivity (Wildman–Crippen MR) is 113 cm³/mol. The van der Waals surface area contributed by atoms with Crippen LogP contribution in [-0.2, 0) is 10.0 Å². The maximum Gasteiger partial charge on any atom is 0.270 e. The summed E-state index contributed by atoms with van der Waals surface area (Å²) in [5.74, 6) is 0.539. The monoisotopic (exact) mass is 419 g/mol. The van der Waals surface area contributed by atoms with Crippen molar-refractivity contribution >= 4 is 38.8 Å². The van der Waals surface area contributed by atoms with E-state index < -0.39 is 16.1 Å². The number of aromatic nitrogens is 5. The van der Waals surface area contributed by atoms with Gasteiger partial charge in [0.15, 0.2) is 11.5 Å². The van der Waals surface area contributed by atoms with Crippen LogP contribution in [0.4, 0.5) is 11.5 Å². The number of sulfonamides is 1. The molecule has 5 rings (SSSR count). The molecule has 0 fully saturated rings. The van der Waals surface area contributed by atoms with Gasteiger partial charge >= 0.3 is 0 Å². The molecular weight excluding hydrogens is 402 g/mol. The van der Waals surface area contributed by atoms with Crippen LogP contribution in [-0.4, -0.2) is 39.4 Å². The zero-order chi connectivity index (χ0) is 20.7. The molecule has 4 heterocycles. The van der Waals surface area contributed by atoms with Gasteiger partial charge in [-0.3, -0.25) is 4.98 Å². The summed E-state index contributed by atoms with van der Waals surface area (Å²) in [4.78, 5) is 19.7. The lowest BCUT2D eigenvalue weighted by atomic mass is 10.1. The van der Waals surface area contributed by atoms with Gasteiger partial charge in [0, 0.05) is 12.4 Å². The molecule has 3 aromatic heterocycles. The fraction of sp³-hybridized carbons (Fsp3) is 0.100. The minimum atomic E-state index is -3.84. The molecule has 1 aromatic carbocycles. The Labute approximate surface area is 172 Å². The largest absolute Gasteiger partial charge is 0.360 e. The zero-order valence-corrected chi connectivity index (χ0v) is 16.7. The van der Waals surface area contributed by atoms with Gasteiger partial charge in [0.05, 0.1) is 23.8 Å². The molecular formula is C20H17N7O2S. The lowest BCUT2D eigenvalue weighted by Gasteiger charge is -2.34. The van der Waals surface area contributed by atoms with E-state index in [0.29, 0.717) is 33.9 Å². The maximum atomic E-state index is 13.5. The molecule has 9 nitrogen and oxygen atoms in total. The van der Waals surface area contributed by atoms with Crippen molar-refractivity contribution in [2.45, 2.75) is 17.9 Å². The van der Waals surface area contributed by atoms with E-state index >= 15 is 0 Å². The summed E-state index contributed by atoms with van der Waals surface area (Å²) in [6.45, 7) is 1.88. The molecule has 1 atom stereocenters. The maximum absolute atomic E-state index is 13.5. The number of aromatic amines is 1. The molecule has 0 saturated heterocycles. The average molecular weight is 419 g/mol. The molecule has 0 amide bonds. The highest BCUT2D eigenvalue weighted by Crippen LogP contribution is 2.36. The summed E-state index contributed by atoms with van der Waals surface area (Å²) in [7, 11) is -3.84. The molecule has 1 unspecified atom stereocenters. The Morgan fingerprint density at radius 3 is 2.77 bits per heavy atom. The van der Waals surface area contributed by atoms with Gasteiger partial charge in [0.25, 0.3) is 10.0 Å². The molecule has 2 N–H and O–H groups in total. The highest BCUT2D eigenvalue weighted by Gasteiger charge is 2.36. The Balaban J connectivity index is 1.64. The summed E-state index contributed by atoms with van der Waals surface area (Å²) >= 11 is 0. The summed E-state index contributed by atoms with van der Waals surface area (Å²) < 4.78 is 28.4. The Morgan fingerprint density at radius 2 is 1.93 bits per heavy atom. The Hall–Kier alpha value is -3.79. The van der Waals surface area contributed by atoms with Crippen LogP contribution in [0.15, 0.2) is 72.0 Å². The van der Waals surface area contributed by atoms with Crippen LogP contribution in [0.5, 0.6) is 0 Å². The second-order valence-electron chi connectivity index (χ2n) is 6.78. The topological polar surface area (TPSA) is 117 Å². The van der Waals surface area contributed by atoms with Gasteiger partial charge in [-0.25, -0.2) is 27.7 Å². The number of hydrogen-bond acceptors (Lipinski definition) is 7. The van der Waals surface area contributed by atoms with Crippen molar-refractivity contribution in [3.63, 3.8) is 0 Å². The quantitative estimate of drug-likeness (QED) is 0.522. The number of H-pyrrole nitrogens is 1. The molecule has 0 bridgehead atoms. The van der Waals surface area contributed by atoms with Crippen LogP contribution in [0.1, 0.15) is 12.5 Å². The van der Waals surface area contributed by atoms with Gasteiger partial charge in [-0.2, -0.15) is 0 Å². The van der Waals surface area contributed by atoms with E-state index in [4.69, 9.17) is 0 Å². The molecule has 30 heavy (non-hydrogen) atoms. The number of hydrogen-bond donors (Lipinski definition) is 2. The summed E-state index contributed by atoms with van der Waals surface area (Å²) in [6.07, 6.45) is 7.77. The summed E-state index contributed by atoms with van der Waals surface area (Å²) in [5, 5.41) is 3.30. The molecule has 150 valence electrons. The molecule has 0 radical (unpaired) electrons. The van der Waals surface area contributed by atoms with E-state index in [1.54, 1.807) is 42.9 Å². The summed E-state index contributed by atoms with van der Waals surface area (Å²) in [6, 6.07) is 10.3. The van der Waals surface area contributed by atoms with E-state index in [2.05, 4.69) is 30.2 Å². The average Bonchev–Trinajstić information content (AvgIpc) is 3.24. The zero-order valence-electron chi connectivity index (χ0n) is 15.9. The SMILES string of the molecule is CC(Nc1ncnc2nc[nH]c12)C1=Cc2ccncc2S(=O)(=O)N1c1ccccc1. The third-order valence-corrected chi connectivity index (χ3v) is 6.68. The third-order valence-electron chi connectivity index (χ3n) is 4.88. The van der Waals surface area contributed by atoms with Crippen molar-refractivity contribution in [3.05, 3.63) is 72.7 Å². The van der Waals surface area contributed by atoms with Crippen LogP contribution in [0.2, 0.25) is 0 Å². The fourth-order valence-corrected chi connectivity index (χ4v) is 5.19. The van der Waals surface area contributed by atoms with Gasteiger partial charge in [0.1, 0.15) is 16.7 Å². The highest BCUT2D eigenvalue weighted by molar-refractivity contribution is 7.93. The Morgan fingerprint density at radius 1 is 1.10 bits per heavy atom. The van der Waals surface area contributed by atoms with Crippen LogP contribution >= 0.6 is 0 Å². The number of nitrogens with zero attached hydrogens (tertiary/aromatic N) is 5. The number of imidazole rings is 1. The second-order valence-corrected chi connectivity index (χ2v) is 8.53. The van der Waals surface area contributed by atoms with E-state index in [-0.39, 0.29) is 4.90 Å². The minimum Gasteiger partial charge on any atom is -0.360 e. The predicted octanol–water partition coefficient (Wildman–Crippen LogP) is 2.80.